The number of thiophene rings is 1. The Morgan fingerprint density at radius 2 is 1.88 bits per heavy atom. The van der Waals surface area contributed by atoms with Crippen LogP contribution < -0.4 is 14.8 Å². The molecule has 34 heavy (non-hydrogen) atoms. The zero-order valence-corrected chi connectivity index (χ0v) is 20.4. The summed E-state index contributed by atoms with van der Waals surface area (Å²) in [5, 5.41) is 4.04. The molecule has 0 unspecified atom stereocenters. The SMILES string of the molecule is COC(=O)c1c(NC(=O)C=Cc2ccc(OCc3ccc(Cl)cc3)c(OC)c2)sc2c1CCC2. The van der Waals surface area contributed by atoms with Crippen molar-refractivity contribution < 1.29 is 23.8 Å². The van der Waals surface area contributed by atoms with E-state index in [1.54, 1.807) is 25.3 Å². The van der Waals surface area contributed by atoms with Crippen LogP contribution in [0.1, 0.15) is 38.3 Å². The van der Waals surface area contributed by atoms with Crippen LogP contribution in [0.3, 0.4) is 0 Å². The van der Waals surface area contributed by atoms with Crippen molar-refractivity contribution in [1.82, 2.24) is 0 Å². The van der Waals surface area contributed by atoms with Crippen molar-refractivity contribution in [2.45, 2.75) is 25.9 Å². The molecule has 3 aromatic rings. The van der Waals surface area contributed by atoms with E-state index >= 15 is 0 Å². The van der Waals surface area contributed by atoms with E-state index in [0.29, 0.717) is 33.7 Å². The highest BCUT2D eigenvalue weighted by atomic mass is 35.5. The first-order chi connectivity index (χ1) is 16.5. The van der Waals surface area contributed by atoms with E-state index in [1.807, 2.05) is 30.3 Å². The van der Waals surface area contributed by atoms with Gasteiger partial charge in [-0.1, -0.05) is 29.8 Å². The smallest absolute Gasteiger partial charge is 0.341 e. The van der Waals surface area contributed by atoms with Crippen molar-refractivity contribution in [2.75, 3.05) is 19.5 Å². The highest BCUT2D eigenvalue weighted by Crippen LogP contribution is 2.39. The van der Waals surface area contributed by atoms with E-state index in [1.165, 1.54) is 24.5 Å². The summed E-state index contributed by atoms with van der Waals surface area (Å²) < 4.78 is 16.3. The van der Waals surface area contributed by atoms with Crippen molar-refractivity contribution >= 4 is 45.9 Å². The van der Waals surface area contributed by atoms with Crippen LogP contribution in [-0.4, -0.2) is 26.1 Å². The summed E-state index contributed by atoms with van der Waals surface area (Å²) in [5.74, 6) is 0.402. The Hall–Kier alpha value is -3.29. The second-order valence-electron chi connectivity index (χ2n) is 7.70. The van der Waals surface area contributed by atoms with E-state index in [0.717, 1.165) is 40.8 Å². The molecule has 0 saturated heterocycles. The Morgan fingerprint density at radius 1 is 1.09 bits per heavy atom. The van der Waals surface area contributed by atoms with E-state index in [-0.39, 0.29) is 5.91 Å². The molecule has 1 amide bonds. The van der Waals surface area contributed by atoms with E-state index in [4.69, 9.17) is 25.8 Å². The summed E-state index contributed by atoms with van der Waals surface area (Å²) in [6.45, 7) is 0.373. The van der Waals surface area contributed by atoms with Gasteiger partial charge in [0.15, 0.2) is 11.5 Å². The molecule has 1 aromatic heterocycles. The molecular formula is C26H24ClNO5S. The molecule has 0 bridgehead atoms. The zero-order valence-electron chi connectivity index (χ0n) is 18.9. The normalized spacial score (nSPS) is 12.4. The van der Waals surface area contributed by atoms with Crippen molar-refractivity contribution in [3.05, 3.63) is 80.7 Å². The Morgan fingerprint density at radius 3 is 2.62 bits per heavy atom. The van der Waals surface area contributed by atoms with Crippen molar-refractivity contribution in [3.63, 3.8) is 0 Å². The van der Waals surface area contributed by atoms with Crippen molar-refractivity contribution in [1.29, 1.82) is 0 Å². The summed E-state index contributed by atoms with van der Waals surface area (Å²) in [7, 11) is 2.91. The second kappa shape index (κ2) is 10.8. The van der Waals surface area contributed by atoms with Gasteiger partial charge in [-0.05, 0) is 66.3 Å². The molecule has 4 rings (SSSR count). The molecule has 6 nitrogen and oxygen atoms in total. The summed E-state index contributed by atoms with van der Waals surface area (Å²) in [6, 6.07) is 12.9. The van der Waals surface area contributed by atoms with Crippen LogP contribution in [0.5, 0.6) is 11.5 Å². The zero-order chi connectivity index (χ0) is 24.1. The third-order valence-corrected chi connectivity index (χ3v) is 6.93. The largest absolute Gasteiger partial charge is 0.493 e. The highest BCUT2D eigenvalue weighted by Gasteiger charge is 2.27. The summed E-state index contributed by atoms with van der Waals surface area (Å²) in [4.78, 5) is 26.0. The molecule has 8 heteroatoms. The van der Waals surface area contributed by atoms with Crippen LogP contribution in [-0.2, 0) is 29.0 Å². The number of carbonyl (C=O) groups is 2. The van der Waals surface area contributed by atoms with Crippen LogP contribution in [0.25, 0.3) is 6.08 Å². The van der Waals surface area contributed by atoms with Gasteiger partial charge in [0, 0.05) is 16.0 Å². The molecule has 2 aromatic carbocycles. The van der Waals surface area contributed by atoms with Gasteiger partial charge in [0.2, 0.25) is 5.91 Å². The minimum Gasteiger partial charge on any atom is -0.493 e. The number of benzene rings is 2. The number of halogens is 1. The first-order valence-corrected chi connectivity index (χ1v) is 11.9. The highest BCUT2D eigenvalue weighted by molar-refractivity contribution is 7.17. The third kappa shape index (κ3) is 5.43. The average molecular weight is 498 g/mol. The number of ether oxygens (including phenoxy) is 3. The van der Waals surface area contributed by atoms with Gasteiger partial charge in [-0.25, -0.2) is 4.79 Å². The fraction of sp³-hybridized carbons (Fsp3) is 0.231. The van der Waals surface area contributed by atoms with Gasteiger partial charge < -0.3 is 19.5 Å². The van der Waals surface area contributed by atoms with Crippen molar-refractivity contribution in [2.24, 2.45) is 0 Å². The predicted octanol–water partition coefficient (Wildman–Crippen LogP) is 5.92. The average Bonchev–Trinajstić information content (AvgIpc) is 3.43. The Bertz CT molecular complexity index is 1230. The number of fused-ring (bicyclic) bond motifs is 1. The monoisotopic (exact) mass is 497 g/mol. The lowest BCUT2D eigenvalue weighted by Crippen LogP contribution is -2.12. The number of aryl methyl sites for hydroxylation is 1. The molecule has 0 atom stereocenters. The minimum absolute atomic E-state index is 0.327. The third-order valence-electron chi connectivity index (χ3n) is 5.47. The number of nitrogens with one attached hydrogen (secondary N) is 1. The van der Waals surface area contributed by atoms with Gasteiger partial charge in [-0.3, -0.25) is 4.79 Å². The Balaban J connectivity index is 1.43. The Kier molecular flexibility index (Phi) is 7.55. The van der Waals surface area contributed by atoms with Crippen LogP contribution in [0, 0.1) is 0 Å². The molecule has 176 valence electrons. The van der Waals surface area contributed by atoms with Crippen LogP contribution in [0.4, 0.5) is 5.00 Å². The maximum Gasteiger partial charge on any atom is 0.341 e. The number of carbonyl (C=O) groups excluding carboxylic acids is 2. The molecule has 1 aliphatic rings. The molecule has 1 heterocycles. The lowest BCUT2D eigenvalue weighted by molar-refractivity contribution is -0.111. The minimum atomic E-state index is -0.419. The molecule has 1 N–H and O–H groups in total. The standard InChI is InChI=1S/C26H24ClNO5S/c1-31-21-14-16(8-12-20(21)33-15-17-6-10-18(27)11-7-17)9-13-23(29)28-25-24(26(30)32-2)19-4-3-5-22(19)34-25/h6-14H,3-5,15H2,1-2H3,(H,28,29). The van der Waals surface area contributed by atoms with Crippen molar-refractivity contribution in [3.8, 4) is 11.5 Å². The molecule has 0 radical (unpaired) electrons. The van der Waals surface area contributed by atoms with Gasteiger partial charge in [-0.2, -0.15) is 0 Å². The fourth-order valence-electron chi connectivity index (χ4n) is 3.78. The molecule has 0 fully saturated rings. The number of hydrogen-bond donors (Lipinski definition) is 1. The maximum atomic E-state index is 12.6. The van der Waals surface area contributed by atoms with Gasteiger partial charge in [0.25, 0.3) is 0 Å². The summed E-state index contributed by atoms with van der Waals surface area (Å²) in [5.41, 5.74) is 3.23. The van der Waals surface area contributed by atoms with Crippen LogP contribution in [0.15, 0.2) is 48.5 Å². The quantitative estimate of drug-likeness (QED) is 0.309. The summed E-state index contributed by atoms with van der Waals surface area (Å²) >= 11 is 7.37. The number of esters is 1. The fourth-order valence-corrected chi connectivity index (χ4v) is 5.19. The van der Waals surface area contributed by atoms with Crippen LogP contribution in [0.2, 0.25) is 5.02 Å². The van der Waals surface area contributed by atoms with Gasteiger partial charge in [-0.15, -0.1) is 11.3 Å². The number of anilines is 1. The van der Waals surface area contributed by atoms with Gasteiger partial charge in [0.05, 0.1) is 19.8 Å². The van der Waals surface area contributed by atoms with E-state index in [2.05, 4.69) is 5.32 Å². The first-order valence-electron chi connectivity index (χ1n) is 10.8. The van der Waals surface area contributed by atoms with Crippen LogP contribution >= 0.6 is 22.9 Å². The molecule has 0 spiro atoms. The summed E-state index contributed by atoms with van der Waals surface area (Å²) in [6.07, 6.45) is 5.87. The second-order valence-corrected chi connectivity index (χ2v) is 9.24. The number of methoxy groups -OCH3 is 2. The number of hydrogen-bond acceptors (Lipinski definition) is 6. The van der Waals surface area contributed by atoms with Gasteiger partial charge >= 0.3 is 5.97 Å². The topological polar surface area (TPSA) is 73.9 Å². The molecular weight excluding hydrogens is 474 g/mol. The van der Waals surface area contributed by atoms with E-state index in [9.17, 15) is 9.59 Å². The number of amides is 1. The first kappa shape index (κ1) is 23.9. The molecule has 0 aliphatic heterocycles. The lowest BCUT2D eigenvalue weighted by atomic mass is 10.1. The number of rotatable bonds is 8. The lowest BCUT2D eigenvalue weighted by Gasteiger charge is -2.11. The van der Waals surface area contributed by atoms with E-state index < -0.39 is 5.97 Å². The Labute approximate surface area is 207 Å². The molecule has 1 aliphatic carbocycles. The molecule has 0 saturated carbocycles. The maximum absolute atomic E-state index is 12.6. The van der Waals surface area contributed by atoms with Gasteiger partial charge in [0.1, 0.15) is 11.6 Å². The predicted molar refractivity (Wildman–Crippen MR) is 134 cm³/mol.